The Balaban J connectivity index is 1.84. The van der Waals surface area contributed by atoms with E-state index in [1.54, 1.807) is 19.3 Å². The van der Waals surface area contributed by atoms with Crippen molar-refractivity contribution in [2.24, 2.45) is 35.0 Å². The van der Waals surface area contributed by atoms with E-state index in [0.717, 1.165) is 29.6 Å². The Morgan fingerprint density at radius 3 is 1.86 bits per heavy atom. The highest BCUT2D eigenvalue weighted by Gasteiger charge is 2.52. The Morgan fingerprint density at radius 1 is 0.857 bits per heavy atom. The van der Waals surface area contributed by atoms with E-state index in [0.29, 0.717) is 5.41 Å². The van der Waals surface area contributed by atoms with Crippen LogP contribution < -0.4 is 0 Å². The first-order valence-corrected chi connectivity index (χ1v) is 6.55. The van der Waals surface area contributed by atoms with E-state index in [2.05, 4.69) is 20.8 Å². The van der Waals surface area contributed by atoms with Gasteiger partial charge in [-0.25, -0.2) is 0 Å². The lowest BCUT2D eigenvalue weighted by atomic mass is 9.69. The molecule has 0 aromatic rings. The van der Waals surface area contributed by atoms with Crippen molar-refractivity contribution >= 4 is 0 Å². The molecule has 0 aromatic carbocycles. The van der Waals surface area contributed by atoms with Gasteiger partial charge in [-0.3, -0.25) is 0 Å². The number of fused-ring (bicyclic) bond motifs is 5. The van der Waals surface area contributed by atoms with Gasteiger partial charge in [-0.05, 0) is 67.1 Å². The highest BCUT2D eigenvalue weighted by Crippen LogP contribution is 2.61. The molecule has 0 heteroatoms. The molecule has 0 radical (unpaired) electrons. The normalized spacial score (nSPS) is 54.6. The summed E-state index contributed by atoms with van der Waals surface area (Å²) >= 11 is 0. The van der Waals surface area contributed by atoms with Gasteiger partial charge in [-0.2, -0.15) is 0 Å². The van der Waals surface area contributed by atoms with Crippen molar-refractivity contribution in [1.29, 1.82) is 0 Å². The van der Waals surface area contributed by atoms with Crippen molar-refractivity contribution in [3.63, 3.8) is 0 Å². The summed E-state index contributed by atoms with van der Waals surface area (Å²) in [5.41, 5.74) is 0.668. The lowest BCUT2D eigenvalue weighted by Crippen LogP contribution is -2.25. The Kier molecular flexibility index (Phi) is 1.83. The summed E-state index contributed by atoms with van der Waals surface area (Å²) in [5.74, 6) is 5.53. The van der Waals surface area contributed by atoms with Crippen molar-refractivity contribution in [3.8, 4) is 0 Å². The molecule has 3 fully saturated rings. The van der Waals surface area contributed by atoms with Gasteiger partial charge >= 0.3 is 0 Å². The molecule has 0 spiro atoms. The molecular formula is C14H24. The summed E-state index contributed by atoms with van der Waals surface area (Å²) in [6.45, 7) is 7.46. The molecule has 3 aliphatic rings. The minimum absolute atomic E-state index is 0.668. The van der Waals surface area contributed by atoms with Crippen LogP contribution in [0.2, 0.25) is 0 Å². The maximum Gasteiger partial charge on any atom is -0.0349 e. The van der Waals surface area contributed by atoms with Crippen LogP contribution in [0.15, 0.2) is 0 Å². The fraction of sp³-hybridized carbons (Fsp3) is 1.00. The number of hydrogen-bond donors (Lipinski definition) is 0. The molecule has 0 aromatic heterocycles. The molecule has 4 atom stereocenters. The smallest absolute Gasteiger partial charge is 0.0349 e. The number of rotatable bonds is 0. The van der Waals surface area contributed by atoms with E-state index < -0.39 is 0 Å². The van der Waals surface area contributed by atoms with Crippen LogP contribution in [0.3, 0.4) is 0 Å². The van der Waals surface area contributed by atoms with Crippen LogP contribution in [0, 0.1) is 35.0 Å². The third-order valence-corrected chi connectivity index (χ3v) is 5.35. The van der Waals surface area contributed by atoms with E-state index in [1.165, 1.54) is 12.8 Å². The first kappa shape index (κ1) is 9.24. The Morgan fingerprint density at radius 2 is 1.36 bits per heavy atom. The molecule has 0 nitrogen and oxygen atoms in total. The zero-order valence-electron chi connectivity index (χ0n) is 9.92. The lowest BCUT2D eigenvalue weighted by Gasteiger charge is -2.36. The second kappa shape index (κ2) is 2.77. The number of hydrogen-bond acceptors (Lipinski definition) is 0. The van der Waals surface area contributed by atoms with Crippen molar-refractivity contribution < 1.29 is 0 Å². The van der Waals surface area contributed by atoms with Crippen LogP contribution in [0.4, 0.5) is 0 Å². The van der Waals surface area contributed by atoms with Crippen LogP contribution >= 0.6 is 0 Å². The predicted molar refractivity (Wildman–Crippen MR) is 60.0 cm³/mol. The maximum absolute atomic E-state index is 2.50. The molecule has 0 N–H and O–H groups in total. The van der Waals surface area contributed by atoms with Gasteiger partial charge in [-0.15, -0.1) is 0 Å². The second-order valence-corrected chi connectivity index (χ2v) is 7.23. The summed E-state index contributed by atoms with van der Waals surface area (Å²) in [6.07, 6.45) is 7.75. The first-order valence-electron chi connectivity index (χ1n) is 6.55. The molecule has 3 saturated carbocycles. The quantitative estimate of drug-likeness (QED) is 0.542. The van der Waals surface area contributed by atoms with E-state index in [1.807, 2.05) is 0 Å². The van der Waals surface area contributed by atoms with Crippen molar-refractivity contribution in [1.82, 2.24) is 0 Å². The molecule has 80 valence electrons. The molecule has 2 bridgehead atoms. The van der Waals surface area contributed by atoms with Crippen LogP contribution in [-0.4, -0.2) is 0 Å². The van der Waals surface area contributed by atoms with Gasteiger partial charge in [0.15, 0.2) is 0 Å². The second-order valence-electron chi connectivity index (χ2n) is 7.23. The third-order valence-electron chi connectivity index (χ3n) is 5.35. The van der Waals surface area contributed by atoms with Crippen LogP contribution in [-0.2, 0) is 0 Å². The van der Waals surface area contributed by atoms with E-state index in [9.17, 15) is 0 Å². The highest BCUT2D eigenvalue weighted by molar-refractivity contribution is 5.02. The first-order chi connectivity index (χ1) is 6.55. The topological polar surface area (TPSA) is 0 Å². The third kappa shape index (κ3) is 1.26. The van der Waals surface area contributed by atoms with Gasteiger partial charge in [-0.1, -0.05) is 20.8 Å². The molecule has 14 heavy (non-hydrogen) atoms. The molecule has 3 rings (SSSR count). The molecule has 0 saturated heterocycles. The predicted octanol–water partition coefficient (Wildman–Crippen LogP) is 4.10. The van der Waals surface area contributed by atoms with Crippen molar-refractivity contribution in [2.45, 2.75) is 52.9 Å². The van der Waals surface area contributed by atoms with E-state index in [4.69, 9.17) is 0 Å². The van der Waals surface area contributed by atoms with Crippen LogP contribution in [0.25, 0.3) is 0 Å². The summed E-state index contributed by atoms with van der Waals surface area (Å²) in [4.78, 5) is 0. The SMILES string of the molecule is CC1CC2C3CC(CC(C)(C)C3)C2C1. The van der Waals surface area contributed by atoms with Gasteiger partial charge in [0.25, 0.3) is 0 Å². The Hall–Kier alpha value is 0. The fourth-order valence-electron chi connectivity index (χ4n) is 5.17. The van der Waals surface area contributed by atoms with E-state index >= 15 is 0 Å². The van der Waals surface area contributed by atoms with E-state index in [-0.39, 0.29) is 0 Å². The van der Waals surface area contributed by atoms with Gasteiger partial charge in [0.2, 0.25) is 0 Å². The summed E-state index contributed by atoms with van der Waals surface area (Å²) in [6, 6.07) is 0. The van der Waals surface area contributed by atoms with Crippen molar-refractivity contribution in [3.05, 3.63) is 0 Å². The molecule has 0 heterocycles. The molecular weight excluding hydrogens is 168 g/mol. The minimum Gasteiger partial charge on any atom is -0.0625 e. The van der Waals surface area contributed by atoms with Crippen LogP contribution in [0.1, 0.15) is 52.9 Å². The largest absolute Gasteiger partial charge is 0.0625 e. The molecule has 0 amide bonds. The molecule has 3 aliphatic carbocycles. The zero-order chi connectivity index (χ0) is 9.92. The minimum atomic E-state index is 0.668. The van der Waals surface area contributed by atoms with Gasteiger partial charge in [0.05, 0.1) is 0 Å². The lowest BCUT2D eigenvalue weighted by molar-refractivity contribution is 0.149. The maximum atomic E-state index is 2.50. The summed E-state index contributed by atoms with van der Waals surface area (Å²) in [7, 11) is 0. The summed E-state index contributed by atoms with van der Waals surface area (Å²) < 4.78 is 0. The monoisotopic (exact) mass is 192 g/mol. The standard InChI is InChI=1S/C14H24/c1-9-4-12-10-6-11(13(12)5-9)8-14(2,3)7-10/h9-13H,4-8H2,1-3H3. The highest BCUT2D eigenvalue weighted by atomic mass is 14.6. The Labute approximate surface area is 88.5 Å². The fourth-order valence-corrected chi connectivity index (χ4v) is 5.17. The van der Waals surface area contributed by atoms with Gasteiger partial charge in [0.1, 0.15) is 0 Å². The zero-order valence-corrected chi connectivity index (χ0v) is 9.92. The average Bonchev–Trinajstić information content (AvgIpc) is 2.52. The molecule has 0 aliphatic heterocycles. The molecule has 4 unspecified atom stereocenters. The van der Waals surface area contributed by atoms with Crippen molar-refractivity contribution in [2.75, 3.05) is 0 Å². The van der Waals surface area contributed by atoms with Crippen LogP contribution in [0.5, 0.6) is 0 Å². The summed E-state index contributed by atoms with van der Waals surface area (Å²) in [5, 5.41) is 0. The average molecular weight is 192 g/mol. The van der Waals surface area contributed by atoms with Gasteiger partial charge < -0.3 is 0 Å². The van der Waals surface area contributed by atoms with Gasteiger partial charge in [0, 0.05) is 0 Å². The Bertz CT molecular complexity index is 218.